The molecule has 2 N–H and O–H groups in total. The lowest BCUT2D eigenvalue weighted by Crippen LogP contribution is -2.43. The molecule has 0 radical (unpaired) electrons. The molecule has 0 bridgehead atoms. The van der Waals surface area contributed by atoms with E-state index < -0.39 is 11.8 Å². The Labute approximate surface area is 185 Å². The third-order valence-corrected chi connectivity index (χ3v) is 4.83. The van der Waals surface area contributed by atoms with E-state index in [4.69, 9.17) is 18.9 Å². The first-order valence-corrected chi connectivity index (χ1v) is 9.87. The number of benzene rings is 2. The molecule has 2 aromatic rings. The first-order valence-electron chi connectivity index (χ1n) is 8.28. The third kappa shape index (κ3) is 5.77. The van der Waals surface area contributed by atoms with Gasteiger partial charge >= 0.3 is 0 Å². The maximum Gasteiger partial charge on any atom is 0.276 e. The minimum absolute atomic E-state index is 0.215. The molecule has 2 aromatic carbocycles. The summed E-state index contributed by atoms with van der Waals surface area (Å²) in [6.07, 6.45) is 0. The van der Waals surface area contributed by atoms with Gasteiger partial charge in [-0.05, 0) is 52.7 Å². The van der Waals surface area contributed by atoms with Gasteiger partial charge in [-0.15, -0.1) is 0 Å². The van der Waals surface area contributed by atoms with Gasteiger partial charge in [0.2, 0.25) is 5.75 Å². The Bertz CT molecular complexity index is 872. The van der Waals surface area contributed by atoms with Crippen LogP contribution in [0.1, 0.15) is 15.9 Å². The highest BCUT2D eigenvalue weighted by Crippen LogP contribution is 2.38. The monoisotopic (exact) mass is 530 g/mol. The summed E-state index contributed by atoms with van der Waals surface area (Å²) in [4.78, 5) is 24.4. The van der Waals surface area contributed by atoms with Gasteiger partial charge in [0.1, 0.15) is 5.75 Å². The van der Waals surface area contributed by atoms with Gasteiger partial charge in [-0.25, -0.2) is 0 Å². The molecule has 2 amide bonds. The highest BCUT2D eigenvalue weighted by molar-refractivity contribution is 9.11. The number of hydrogen-bond acceptors (Lipinski definition) is 6. The van der Waals surface area contributed by atoms with Crippen molar-refractivity contribution < 1.29 is 28.5 Å². The molecule has 10 heteroatoms. The van der Waals surface area contributed by atoms with Crippen LogP contribution in [0.2, 0.25) is 0 Å². The zero-order chi connectivity index (χ0) is 21.6. The fourth-order valence-corrected chi connectivity index (χ4v) is 4.01. The predicted molar refractivity (Wildman–Crippen MR) is 114 cm³/mol. The van der Waals surface area contributed by atoms with E-state index in [2.05, 4.69) is 42.7 Å². The summed E-state index contributed by atoms with van der Waals surface area (Å²) < 4.78 is 22.8. The van der Waals surface area contributed by atoms with E-state index in [0.29, 0.717) is 27.5 Å². The molecule has 156 valence electrons. The number of halogens is 2. The van der Waals surface area contributed by atoms with Gasteiger partial charge in [0.05, 0.1) is 25.8 Å². The van der Waals surface area contributed by atoms with Crippen LogP contribution >= 0.6 is 31.9 Å². The summed E-state index contributed by atoms with van der Waals surface area (Å²) in [5, 5.41) is 0. The van der Waals surface area contributed by atoms with Crippen molar-refractivity contribution in [3.8, 4) is 23.0 Å². The van der Waals surface area contributed by atoms with Gasteiger partial charge in [-0.1, -0.05) is 15.9 Å². The molecule has 29 heavy (non-hydrogen) atoms. The Morgan fingerprint density at radius 2 is 1.52 bits per heavy atom. The van der Waals surface area contributed by atoms with Crippen LogP contribution in [-0.4, -0.2) is 39.8 Å². The van der Waals surface area contributed by atoms with Crippen LogP contribution in [-0.2, 0) is 4.79 Å². The summed E-state index contributed by atoms with van der Waals surface area (Å²) in [7, 11) is 4.35. The molecule has 8 nitrogen and oxygen atoms in total. The maximum absolute atomic E-state index is 12.4. The van der Waals surface area contributed by atoms with Gasteiger partial charge in [-0.2, -0.15) is 0 Å². The fourth-order valence-electron chi connectivity index (χ4n) is 2.46. The van der Waals surface area contributed by atoms with Crippen LogP contribution in [0, 0.1) is 6.92 Å². The summed E-state index contributed by atoms with van der Waals surface area (Å²) in [5.41, 5.74) is 5.69. The van der Waals surface area contributed by atoms with E-state index in [1.54, 1.807) is 0 Å². The topological polar surface area (TPSA) is 95.1 Å². The first-order chi connectivity index (χ1) is 13.8. The Balaban J connectivity index is 1.99. The number of carbonyl (C=O) groups excluding carboxylic acids is 2. The molecule has 0 saturated heterocycles. The van der Waals surface area contributed by atoms with E-state index in [-0.39, 0.29) is 12.2 Å². The molecular formula is C19H20Br2N2O6. The van der Waals surface area contributed by atoms with Crippen molar-refractivity contribution in [1.82, 2.24) is 10.9 Å². The molecule has 0 saturated carbocycles. The third-order valence-electron chi connectivity index (χ3n) is 3.78. The Morgan fingerprint density at radius 3 is 2.03 bits per heavy atom. The van der Waals surface area contributed by atoms with Crippen molar-refractivity contribution in [1.29, 1.82) is 0 Å². The normalized spacial score (nSPS) is 10.1. The number of nitrogens with one attached hydrogen (secondary N) is 2. The van der Waals surface area contributed by atoms with Crippen LogP contribution in [0.4, 0.5) is 0 Å². The van der Waals surface area contributed by atoms with E-state index in [1.165, 1.54) is 33.5 Å². The summed E-state index contributed by atoms with van der Waals surface area (Å²) in [6.45, 7) is 1.57. The lowest BCUT2D eigenvalue weighted by atomic mass is 10.1. The van der Waals surface area contributed by atoms with Crippen LogP contribution < -0.4 is 29.8 Å². The first kappa shape index (κ1) is 22.8. The second-order valence-electron chi connectivity index (χ2n) is 5.74. The quantitative estimate of drug-likeness (QED) is 0.532. The van der Waals surface area contributed by atoms with Crippen LogP contribution in [0.5, 0.6) is 23.0 Å². The molecule has 2 rings (SSSR count). The number of amides is 2. The van der Waals surface area contributed by atoms with Crippen molar-refractivity contribution in [3.05, 3.63) is 44.3 Å². The summed E-state index contributed by atoms with van der Waals surface area (Å²) in [6, 6.07) is 6.62. The van der Waals surface area contributed by atoms with Crippen LogP contribution in [0.25, 0.3) is 0 Å². The maximum atomic E-state index is 12.4. The van der Waals surface area contributed by atoms with Gasteiger partial charge in [0.15, 0.2) is 18.1 Å². The average molecular weight is 532 g/mol. The molecular weight excluding hydrogens is 512 g/mol. The molecule has 0 fully saturated rings. The van der Waals surface area contributed by atoms with Crippen LogP contribution in [0.15, 0.2) is 33.2 Å². The zero-order valence-electron chi connectivity index (χ0n) is 16.2. The van der Waals surface area contributed by atoms with Crippen molar-refractivity contribution in [2.75, 3.05) is 27.9 Å². The average Bonchev–Trinajstić information content (AvgIpc) is 2.69. The standard InChI is InChI=1S/C19H20Br2N2O6/c1-10-5-12(20)8-13(21)17(10)29-9-16(24)22-23-19(25)11-6-14(26-2)18(28-4)15(7-11)27-3/h5-8H,9H2,1-4H3,(H,22,24)(H,23,25). The van der Waals surface area contributed by atoms with Crippen molar-refractivity contribution in [2.45, 2.75) is 6.92 Å². The minimum Gasteiger partial charge on any atom is -0.493 e. The lowest BCUT2D eigenvalue weighted by molar-refractivity contribution is -0.123. The SMILES string of the molecule is COc1cc(C(=O)NNC(=O)COc2c(C)cc(Br)cc2Br)cc(OC)c1OC. The fraction of sp³-hybridized carbons (Fsp3) is 0.263. The summed E-state index contributed by atoms with van der Waals surface area (Å²) in [5.74, 6) is 0.460. The van der Waals surface area contributed by atoms with E-state index in [0.717, 1.165) is 10.0 Å². The van der Waals surface area contributed by atoms with Crippen LogP contribution in [0.3, 0.4) is 0 Å². The number of ether oxygens (including phenoxy) is 4. The second-order valence-corrected chi connectivity index (χ2v) is 7.51. The molecule has 0 spiro atoms. The highest BCUT2D eigenvalue weighted by atomic mass is 79.9. The molecule has 0 aliphatic carbocycles. The predicted octanol–water partition coefficient (Wildman–Crippen LogP) is 3.39. The Morgan fingerprint density at radius 1 is 0.897 bits per heavy atom. The second kappa shape index (κ2) is 10.4. The highest BCUT2D eigenvalue weighted by Gasteiger charge is 2.17. The number of hydrogen-bond donors (Lipinski definition) is 2. The number of rotatable bonds is 7. The molecule has 0 atom stereocenters. The molecule has 0 heterocycles. The zero-order valence-corrected chi connectivity index (χ0v) is 19.4. The minimum atomic E-state index is -0.557. The van der Waals surface area contributed by atoms with E-state index >= 15 is 0 Å². The van der Waals surface area contributed by atoms with E-state index in [9.17, 15) is 9.59 Å². The van der Waals surface area contributed by atoms with Crippen molar-refractivity contribution >= 4 is 43.7 Å². The number of carbonyl (C=O) groups is 2. The molecule has 0 aliphatic heterocycles. The number of aryl methyl sites for hydroxylation is 1. The Kier molecular flexibility index (Phi) is 8.15. The van der Waals surface area contributed by atoms with Gasteiger partial charge in [-0.3, -0.25) is 20.4 Å². The van der Waals surface area contributed by atoms with Gasteiger partial charge < -0.3 is 18.9 Å². The van der Waals surface area contributed by atoms with Crippen molar-refractivity contribution in [2.24, 2.45) is 0 Å². The number of hydrazine groups is 1. The summed E-state index contributed by atoms with van der Waals surface area (Å²) >= 11 is 6.77. The molecule has 0 aliphatic rings. The molecule has 0 unspecified atom stereocenters. The van der Waals surface area contributed by atoms with Gasteiger partial charge in [0, 0.05) is 10.0 Å². The van der Waals surface area contributed by atoms with Gasteiger partial charge in [0.25, 0.3) is 11.8 Å². The Hall–Kier alpha value is -2.46. The molecule has 0 aromatic heterocycles. The smallest absolute Gasteiger partial charge is 0.276 e. The van der Waals surface area contributed by atoms with E-state index in [1.807, 2.05) is 19.1 Å². The van der Waals surface area contributed by atoms with Crippen molar-refractivity contribution in [3.63, 3.8) is 0 Å². The number of methoxy groups -OCH3 is 3. The largest absolute Gasteiger partial charge is 0.493 e. The lowest BCUT2D eigenvalue weighted by Gasteiger charge is -2.15.